The largest absolute Gasteiger partial charge is 0.425 e. The van der Waals surface area contributed by atoms with Gasteiger partial charge >= 0.3 is 12.0 Å². The lowest BCUT2D eigenvalue weighted by Crippen LogP contribution is -2.54. The summed E-state index contributed by atoms with van der Waals surface area (Å²) >= 11 is 0. The molecule has 6 nitrogen and oxygen atoms in total. The summed E-state index contributed by atoms with van der Waals surface area (Å²) in [5.41, 5.74) is 0.819. The zero-order valence-corrected chi connectivity index (χ0v) is 14.9. The summed E-state index contributed by atoms with van der Waals surface area (Å²) in [6.07, 6.45) is 3.48. The number of nitrogens with zero attached hydrogens (tertiary/aromatic N) is 1. The van der Waals surface area contributed by atoms with Crippen molar-refractivity contribution in [2.45, 2.75) is 52.0 Å². The number of nitrogens with one attached hydrogen (secondary N) is 1. The lowest BCUT2D eigenvalue weighted by atomic mass is 9.73. The molecule has 6 heteroatoms. The van der Waals surface area contributed by atoms with E-state index in [0.29, 0.717) is 12.2 Å². The molecule has 1 N–H and O–H groups in total. The van der Waals surface area contributed by atoms with Crippen LogP contribution < -0.4 is 10.1 Å². The third kappa shape index (κ3) is 3.01. The van der Waals surface area contributed by atoms with Crippen LogP contribution in [0, 0.1) is 19.8 Å². The van der Waals surface area contributed by atoms with Gasteiger partial charge in [0.2, 0.25) is 0 Å². The summed E-state index contributed by atoms with van der Waals surface area (Å²) in [4.78, 5) is 38.5. The quantitative estimate of drug-likeness (QED) is 0.520. The van der Waals surface area contributed by atoms with Crippen molar-refractivity contribution in [3.05, 3.63) is 29.3 Å². The van der Waals surface area contributed by atoms with Gasteiger partial charge in [-0.05, 0) is 43.7 Å². The molecule has 1 aliphatic heterocycles. The Bertz CT molecular complexity index is 710. The van der Waals surface area contributed by atoms with E-state index in [-0.39, 0.29) is 18.4 Å². The van der Waals surface area contributed by atoms with Crippen LogP contribution in [-0.2, 0) is 9.59 Å². The van der Waals surface area contributed by atoms with Crippen molar-refractivity contribution in [2.75, 3.05) is 6.54 Å². The second-order valence-electron chi connectivity index (χ2n) is 7.13. The van der Waals surface area contributed by atoms with Crippen molar-refractivity contribution >= 4 is 17.9 Å². The minimum atomic E-state index is -0.853. The number of carbonyl (C=O) groups is 3. The number of urea groups is 1. The molecule has 0 radical (unpaired) electrons. The topological polar surface area (TPSA) is 75.7 Å². The van der Waals surface area contributed by atoms with Crippen LogP contribution in [-0.4, -0.2) is 34.9 Å². The average Bonchev–Trinajstić information content (AvgIpc) is 2.79. The van der Waals surface area contributed by atoms with Gasteiger partial charge in [0.1, 0.15) is 17.8 Å². The van der Waals surface area contributed by atoms with E-state index < -0.39 is 17.5 Å². The second kappa shape index (κ2) is 6.50. The Morgan fingerprint density at radius 2 is 1.96 bits per heavy atom. The highest BCUT2D eigenvalue weighted by Crippen LogP contribution is 2.38. The molecule has 0 aromatic heterocycles. The van der Waals surface area contributed by atoms with Gasteiger partial charge in [-0.15, -0.1) is 0 Å². The maximum absolute atomic E-state index is 12.9. The Morgan fingerprint density at radius 3 is 2.60 bits per heavy atom. The lowest BCUT2D eigenvalue weighted by Gasteiger charge is -2.36. The normalized spacial score (nSPS) is 26.0. The van der Waals surface area contributed by atoms with Crippen LogP contribution in [0.5, 0.6) is 5.75 Å². The molecule has 134 valence electrons. The number of rotatable bonds is 3. The lowest BCUT2D eigenvalue weighted by molar-refractivity contribution is -0.142. The van der Waals surface area contributed by atoms with E-state index in [4.69, 9.17) is 4.74 Å². The average molecular weight is 344 g/mol. The van der Waals surface area contributed by atoms with Gasteiger partial charge in [0.15, 0.2) is 0 Å². The molecule has 1 spiro atoms. The molecule has 3 amide bonds. The van der Waals surface area contributed by atoms with Crippen molar-refractivity contribution in [3.8, 4) is 5.75 Å². The molecule has 2 atom stereocenters. The zero-order valence-electron chi connectivity index (χ0n) is 14.9. The predicted molar refractivity (Wildman–Crippen MR) is 92.2 cm³/mol. The van der Waals surface area contributed by atoms with Gasteiger partial charge < -0.3 is 10.1 Å². The summed E-state index contributed by atoms with van der Waals surface area (Å²) in [5.74, 6) is -0.359. The standard InChI is InChI=1S/C19H24N2O4/c1-12-7-6-8-13(2)16(12)25-15(22)11-21-17(23)19(20-18(21)24)10-5-4-9-14(19)3/h6-8,14H,4-5,9-11H2,1-3H3,(H,20,24). The molecule has 2 unspecified atom stereocenters. The van der Waals surface area contributed by atoms with Gasteiger partial charge in [0, 0.05) is 0 Å². The molecule has 25 heavy (non-hydrogen) atoms. The van der Waals surface area contributed by atoms with Gasteiger partial charge in [-0.1, -0.05) is 38.0 Å². The van der Waals surface area contributed by atoms with Crippen LogP contribution in [0.3, 0.4) is 0 Å². The molecule has 1 heterocycles. The zero-order chi connectivity index (χ0) is 18.2. The Balaban J connectivity index is 1.73. The number of aryl methyl sites for hydroxylation is 2. The predicted octanol–water partition coefficient (Wildman–Crippen LogP) is 2.71. The van der Waals surface area contributed by atoms with Crippen molar-refractivity contribution in [1.29, 1.82) is 0 Å². The van der Waals surface area contributed by atoms with E-state index in [2.05, 4.69) is 5.32 Å². The Labute approximate surface area is 147 Å². The number of para-hydroxylation sites is 1. The number of carbonyl (C=O) groups excluding carboxylic acids is 3. The fourth-order valence-corrected chi connectivity index (χ4v) is 3.87. The van der Waals surface area contributed by atoms with Gasteiger partial charge in [0.05, 0.1) is 0 Å². The van der Waals surface area contributed by atoms with E-state index in [0.717, 1.165) is 35.3 Å². The van der Waals surface area contributed by atoms with Gasteiger partial charge in [-0.2, -0.15) is 0 Å². The van der Waals surface area contributed by atoms with Crippen molar-refractivity contribution in [3.63, 3.8) is 0 Å². The van der Waals surface area contributed by atoms with E-state index in [1.165, 1.54) is 0 Å². The SMILES string of the molecule is Cc1cccc(C)c1OC(=O)CN1C(=O)NC2(CCCCC2C)C1=O. The van der Waals surface area contributed by atoms with E-state index in [1.807, 2.05) is 39.0 Å². The highest BCUT2D eigenvalue weighted by atomic mass is 16.5. The summed E-state index contributed by atoms with van der Waals surface area (Å²) in [6.45, 7) is 5.31. The first-order valence-corrected chi connectivity index (χ1v) is 8.76. The molecule has 1 saturated heterocycles. The highest BCUT2D eigenvalue weighted by Gasteiger charge is 2.55. The molecular formula is C19H24N2O4. The second-order valence-corrected chi connectivity index (χ2v) is 7.13. The molecule has 2 fully saturated rings. The number of esters is 1. The molecule has 1 saturated carbocycles. The molecule has 3 rings (SSSR count). The summed E-state index contributed by atoms with van der Waals surface area (Å²) < 4.78 is 5.42. The molecular weight excluding hydrogens is 320 g/mol. The molecule has 1 aromatic carbocycles. The minimum Gasteiger partial charge on any atom is -0.425 e. The minimum absolute atomic E-state index is 0.0670. The van der Waals surface area contributed by atoms with Crippen LogP contribution in [0.25, 0.3) is 0 Å². The van der Waals surface area contributed by atoms with Crippen LogP contribution in [0.4, 0.5) is 4.79 Å². The van der Waals surface area contributed by atoms with E-state index in [9.17, 15) is 14.4 Å². The van der Waals surface area contributed by atoms with Gasteiger partial charge in [-0.3, -0.25) is 9.69 Å². The van der Waals surface area contributed by atoms with Crippen molar-refractivity contribution in [1.82, 2.24) is 10.2 Å². The Hall–Kier alpha value is -2.37. The summed E-state index contributed by atoms with van der Waals surface area (Å²) in [5, 5.41) is 2.84. The first-order chi connectivity index (χ1) is 11.8. The fraction of sp³-hybridized carbons (Fsp3) is 0.526. The molecule has 0 bridgehead atoms. The molecule has 1 aliphatic carbocycles. The number of imide groups is 1. The van der Waals surface area contributed by atoms with Crippen LogP contribution in [0.15, 0.2) is 18.2 Å². The van der Waals surface area contributed by atoms with Crippen LogP contribution in [0.2, 0.25) is 0 Å². The number of amides is 3. The monoisotopic (exact) mass is 344 g/mol. The first kappa shape index (κ1) is 17.5. The van der Waals surface area contributed by atoms with Gasteiger partial charge in [0.25, 0.3) is 5.91 Å². The fourth-order valence-electron chi connectivity index (χ4n) is 3.87. The highest BCUT2D eigenvalue weighted by molar-refractivity contribution is 6.09. The number of hydrogen-bond donors (Lipinski definition) is 1. The van der Waals surface area contributed by atoms with Gasteiger partial charge in [-0.25, -0.2) is 9.59 Å². The number of hydrogen-bond acceptors (Lipinski definition) is 4. The molecule has 1 aromatic rings. The van der Waals surface area contributed by atoms with Crippen LogP contribution >= 0.6 is 0 Å². The van der Waals surface area contributed by atoms with Crippen LogP contribution in [0.1, 0.15) is 43.7 Å². The van der Waals surface area contributed by atoms with E-state index >= 15 is 0 Å². The Morgan fingerprint density at radius 1 is 1.28 bits per heavy atom. The number of ether oxygens (including phenoxy) is 1. The van der Waals surface area contributed by atoms with E-state index in [1.54, 1.807) is 0 Å². The first-order valence-electron chi connectivity index (χ1n) is 8.76. The third-order valence-electron chi connectivity index (χ3n) is 5.41. The summed E-state index contributed by atoms with van der Waals surface area (Å²) in [6, 6.07) is 5.08. The smallest absolute Gasteiger partial charge is 0.331 e. The maximum Gasteiger partial charge on any atom is 0.331 e. The Kier molecular flexibility index (Phi) is 4.54. The molecule has 2 aliphatic rings. The summed E-state index contributed by atoms with van der Waals surface area (Å²) in [7, 11) is 0. The van der Waals surface area contributed by atoms with Crippen molar-refractivity contribution in [2.24, 2.45) is 5.92 Å². The maximum atomic E-state index is 12.9. The van der Waals surface area contributed by atoms with Crippen molar-refractivity contribution < 1.29 is 19.1 Å². The number of benzene rings is 1. The third-order valence-corrected chi connectivity index (χ3v) is 5.41.